The second-order valence-electron chi connectivity index (χ2n) is 5.07. The van der Waals surface area contributed by atoms with Gasteiger partial charge < -0.3 is 10.6 Å². The lowest BCUT2D eigenvalue weighted by molar-refractivity contribution is -0.115. The van der Waals surface area contributed by atoms with Crippen molar-refractivity contribution >= 4 is 17.3 Å². The van der Waals surface area contributed by atoms with Crippen LogP contribution in [0.2, 0.25) is 0 Å². The maximum Gasteiger partial charge on any atom is 0.226 e. The zero-order chi connectivity index (χ0) is 16.1. The Labute approximate surface area is 128 Å². The molecule has 2 rings (SSSR count). The molecular formula is C17H18F2N2O. The zero-order valence-electron chi connectivity index (χ0n) is 12.5. The zero-order valence-corrected chi connectivity index (χ0v) is 12.5. The first kappa shape index (κ1) is 15.9. The van der Waals surface area contributed by atoms with Crippen LogP contribution >= 0.6 is 0 Å². The van der Waals surface area contributed by atoms with Gasteiger partial charge in [-0.3, -0.25) is 4.79 Å². The highest BCUT2D eigenvalue weighted by Gasteiger charge is 2.09. The van der Waals surface area contributed by atoms with Gasteiger partial charge in [-0.2, -0.15) is 0 Å². The molecule has 0 radical (unpaired) electrons. The van der Waals surface area contributed by atoms with Crippen molar-refractivity contribution in [3.05, 3.63) is 59.2 Å². The lowest BCUT2D eigenvalue weighted by Gasteiger charge is -2.11. The first-order chi connectivity index (χ1) is 10.5. The Morgan fingerprint density at radius 1 is 1.05 bits per heavy atom. The van der Waals surface area contributed by atoms with Crippen molar-refractivity contribution in [1.82, 2.24) is 0 Å². The number of halogens is 2. The summed E-state index contributed by atoms with van der Waals surface area (Å²) in [7, 11) is 0. The van der Waals surface area contributed by atoms with Gasteiger partial charge in [0.15, 0.2) is 0 Å². The maximum absolute atomic E-state index is 13.4. The molecule has 0 saturated carbocycles. The van der Waals surface area contributed by atoms with Crippen LogP contribution < -0.4 is 10.6 Å². The van der Waals surface area contributed by atoms with E-state index >= 15 is 0 Å². The molecule has 0 aliphatic rings. The summed E-state index contributed by atoms with van der Waals surface area (Å²) < 4.78 is 26.8. The van der Waals surface area contributed by atoms with Crippen molar-refractivity contribution in [2.45, 2.75) is 20.3 Å². The monoisotopic (exact) mass is 304 g/mol. The highest BCUT2D eigenvalue weighted by Crippen LogP contribution is 2.19. The molecule has 0 atom stereocenters. The van der Waals surface area contributed by atoms with Gasteiger partial charge in [0.2, 0.25) is 5.91 Å². The summed E-state index contributed by atoms with van der Waals surface area (Å²) in [5, 5.41) is 5.41. The van der Waals surface area contributed by atoms with E-state index in [-0.39, 0.29) is 24.6 Å². The standard InChI is InChI=1S/C17H18F2N2O/c1-11-5-3-8-15(12(11)2)21-16(22)9-10-20-17-13(18)6-4-7-14(17)19/h3-8,20H,9-10H2,1-2H3,(H,21,22). The lowest BCUT2D eigenvalue weighted by Crippen LogP contribution is -2.17. The summed E-state index contributed by atoms with van der Waals surface area (Å²) in [6.45, 7) is 4.04. The van der Waals surface area contributed by atoms with Gasteiger partial charge in [0.1, 0.15) is 17.3 Å². The van der Waals surface area contributed by atoms with Crippen LogP contribution in [-0.2, 0) is 4.79 Å². The molecule has 0 aliphatic heterocycles. The van der Waals surface area contributed by atoms with E-state index in [1.807, 2.05) is 32.0 Å². The SMILES string of the molecule is Cc1cccc(NC(=O)CCNc2c(F)cccc2F)c1C. The van der Waals surface area contributed by atoms with Gasteiger partial charge in [0, 0.05) is 18.7 Å². The van der Waals surface area contributed by atoms with E-state index in [9.17, 15) is 13.6 Å². The molecule has 2 N–H and O–H groups in total. The third-order valence-corrected chi connectivity index (χ3v) is 3.50. The van der Waals surface area contributed by atoms with Crippen molar-refractivity contribution in [2.75, 3.05) is 17.2 Å². The topological polar surface area (TPSA) is 41.1 Å². The number of hydrogen-bond donors (Lipinski definition) is 2. The number of aryl methyl sites for hydroxylation is 1. The van der Waals surface area contributed by atoms with E-state index in [0.717, 1.165) is 16.8 Å². The normalized spacial score (nSPS) is 10.4. The van der Waals surface area contributed by atoms with Gasteiger partial charge in [-0.25, -0.2) is 8.78 Å². The Morgan fingerprint density at radius 2 is 1.68 bits per heavy atom. The second-order valence-corrected chi connectivity index (χ2v) is 5.07. The smallest absolute Gasteiger partial charge is 0.226 e. The van der Waals surface area contributed by atoms with E-state index in [2.05, 4.69) is 10.6 Å². The van der Waals surface area contributed by atoms with E-state index < -0.39 is 11.6 Å². The number of para-hydroxylation sites is 1. The van der Waals surface area contributed by atoms with E-state index in [1.54, 1.807) is 0 Å². The summed E-state index contributed by atoms with van der Waals surface area (Å²) in [5.74, 6) is -1.55. The van der Waals surface area contributed by atoms with E-state index in [4.69, 9.17) is 0 Å². The first-order valence-electron chi connectivity index (χ1n) is 7.03. The van der Waals surface area contributed by atoms with Crippen LogP contribution in [0.25, 0.3) is 0 Å². The van der Waals surface area contributed by atoms with Gasteiger partial charge in [-0.1, -0.05) is 18.2 Å². The summed E-state index contributed by atoms with van der Waals surface area (Å²) >= 11 is 0. The van der Waals surface area contributed by atoms with Gasteiger partial charge in [-0.15, -0.1) is 0 Å². The van der Waals surface area contributed by atoms with Gasteiger partial charge in [0.25, 0.3) is 0 Å². The molecule has 0 saturated heterocycles. The van der Waals surface area contributed by atoms with Crippen LogP contribution in [0.5, 0.6) is 0 Å². The van der Waals surface area contributed by atoms with E-state index in [1.165, 1.54) is 18.2 Å². The summed E-state index contributed by atoms with van der Waals surface area (Å²) in [5.41, 5.74) is 2.64. The molecule has 2 aromatic carbocycles. The quantitative estimate of drug-likeness (QED) is 0.876. The van der Waals surface area contributed by atoms with Crippen LogP contribution in [0, 0.1) is 25.5 Å². The molecule has 0 aliphatic carbocycles. The van der Waals surface area contributed by atoms with Crippen molar-refractivity contribution in [3.63, 3.8) is 0 Å². The van der Waals surface area contributed by atoms with Crippen LogP contribution in [0.4, 0.5) is 20.2 Å². The van der Waals surface area contributed by atoms with Gasteiger partial charge >= 0.3 is 0 Å². The van der Waals surface area contributed by atoms with Crippen molar-refractivity contribution in [2.24, 2.45) is 0 Å². The molecule has 5 heteroatoms. The summed E-state index contributed by atoms with van der Waals surface area (Å²) in [4.78, 5) is 11.9. The van der Waals surface area contributed by atoms with Crippen LogP contribution in [0.15, 0.2) is 36.4 Å². The van der Waals surface area contributed by atoms with E-state index in [0.29, 0.717) is 0 Å². The number of carbonyl (C=O) groups excluding carboxylic acids is 1. The molecule has 0 aromatic heterocycles. The molecule has 0 unspecified atom stereocenters. The van der Waals surface area contributed by atoms with Crippen molar-refractivity contribution < 1.29 is 13.6 Å². The fourth-order valence-corrected chi connectivity index (χ4v) is 2.07. The maximum atomic E-state index is 13.4. The van der Waals surface area contributed by atoms with Crippen LogP contribution in [0.3, 0.4) is 0 Å². The average molecular weight is 304 g/mol. The number of benzene rings is 2. The Hall–Kier alpha value is -2.43. The highest BCUT2D eigenvalue weighted by atomic mass is 19.1. The third-order valence-electron chi connectivity index (χ3n) is 3.50. The third kappa shape index (κ3) is 3.81. The molecule has 0 spiro atoms. The first-order valence-corrected chi connectivity index (χ1v) is 7.03. The minimum absolute atomic E-state index is 0.112. The minimum Gasteiger partial charge on any atom is -0.380 e. The number of hydrogen-bond acceptors (Lipinski definition) is 2. The molecular weight excluding hydrogens is 286 g/mol. The Morgan fingerprint density at radius 3 is 2.36 bits per heavy atom. The molecule has 0 fully saturated rings. The van der Waals surface area contributed by atoms with Crippen molar-refractivity contribution in [1.29, 1.82) is 0 Å². The fourth-order valence-electron chi connectivity index (χ4n) is 2.07. The number of rotatable bonds is 5. The number of nitrogens with one attached hydrogen (secondary N) is 2. The molecule has 22 heavy (non-hydrogen) atoms. The molecule has 116 valence electrons. The van der Waals surface area contributed by atoms with Crippen LogP contribution in [0.1, 0.15) is 17.5 Å². The van der Waals surface area contributed by atoms with Gasteiger partial charge in [0.05, 0.1) is 0 Å². The fraction of sp³-hybridized carbons (Fsp3) is 0.235. The predicted octanol–water partition coefficient (Wildman–Crippen LogP) is 4.02. The summed E-state index contributed by atoms with van der Waals surface area (Å²) in [6, 6.07) is 9.29. The average Bonchev–Trinajstić information content (AvgIpc) is 2.47. The highest BCUT2D eigenvalue weighted by molar-refractivity contribution is 5.91. The lowest BCUT2D eigenvalue weighted by atomic mass is 10.1. The number of carbonyl (C=O) groups is 1. The summed E-state index contributed by atoms with van der Waals surface area (Å²) in [6.07, 6.45) is 0.112. The molecule has 2 aromatic rings. The molecule has 1 amide bonds. The Kier molecular flexibility index (Phi) is 5.09. The molecule has 3 nitrogen and oxygen atoms in total. The van der Waals surface area contributed by atoms with Gasteiger partial charge in [-0.05, 0) is 43.2 Å². The number of amides is 1. The molecule has 0 bridgehead atoms. The Balaban J connectivity index is 1.90. The minimum atomic E-state index is -0.671. The number of anilines is 2. The predicted molar refractivity (Wildman–Crippen MR) is 84.0 cm³/mol. The second kappa shape index (κ2) is 7.02. The van der Waals surface area contributed by atoms with Crippen LogP contribution in [-0.4, -0.2) is 12.5 Å². The van der Waals surface area contributed by atoms with Crippen molar-refractivity contribution in [3.8, 4) is 0 Å². The largest absolute Gasteiger partial charge is 0.380 e. The Bertz CT molecular complexity index is 666. The molecule has 0 heterocycles.